The fourth-order valence-corrected chi connectivity index (χ4v) is 4.60. The van der Waals surface area contributed by atoms with E-state index in [-0.39, 0.29) is 0 Å². The molecular weight excluding hydrogens is 343 g/mol. The van der Waals surface area contributed by atoms with Gasteiger partial charge in [-0.3, -0.25) is 9.80 Å². The molecule has 0 amide bonds. The van der Waals surface area contributed by atoms with E-state index >= 15 is 0 Å². The second-order valence-corrected chi connectivity index (χ2v) is 9.96. The number of halogens is 2. The highest BCUT2D eigenvalue weighted by Gasteiger charge is 2.47. The molecule has 2 rings (SSSR count). The quantitative estimate of drug-likeness (QED) is 0.474. The summed E-state index contributed by atoms with van der Waals surface area (Å²) in [7, 11) is 4.38. The molecule has 0 saturated carbocycles. The lowest BCUT2D eigenvalue weighted by Crippen LogP contribution is -2.63. The number of fused-ring (bicyclic) bond motifs is 3. The van der Waals surface area contributed by atoms with Crippen molar-refractivity contribution in [3.8, 4) is 0 Å². The van der Waals surface area contributed by atoms with Gasteiger partial charge in [0.25, 0.3) is 0 Å². The molecule has 0 N–H and O–H groups in total. The molecule has 2 aliphatic heterocycles. The monoisotopic (exact) mass is 378 g/mol. The zero-order chi connectivity index (χ0) is 18.1. The lowest BCUT2D eigenvalue weighted by molar-refractivity contribution is 0.0406. The van der Waals surface area contributed by atoms with Crippen molar-refractivity contribution in [2.75, 3.05) is 66.5 Å². The van der Waals surface area contributed by atoms with Crippen LogP contribution in [0.1, 0.15) is 27.7 Å². The highest BCUT2D eigenvalue weighted by Crippen LogP contribution is 2.39. The third-order valence-electron chi connectivity index (χ3n) is 6.29. The van der Waals surface area contributed by atoms with Crippen molar-refractivity contribution in [2.24, 2.45) is 5.92 Å². The Kier molecular flexibility index (Phi) is 6.89. The second-order valence-electron chi connectivity index (χ2n) is 8.39. The van der Waals surface area contributed by atoms with E-state index in [0.717, 1.165) is 52.4 Å². The van der Waals surface area contributed by atoms with Gasteiger partial charge in [-0.15, -0.1) is 23.2 Å². The molecule has 6 atom stereocenters. The highest BCUT2D eigenvalue weighted by atomic mass is 35.5. The minimum atomic E-state index is -0.569. The van der Waals surface area contributed by atoms with Gasteiger partial charge >= 0.3 is 0 Å². The van der Waals surface area contributed by atoms with E-state index in [1.165, 1.54) is 0 Å². The Morgan fingerprint density at radius 3 is 2.04 bits per heavy atom. The molecule has 6 heteroatoms. The molecule has 0 aromatic carbocycles. The van der Waals surface area contributed by atoms with Crippen LogP contribution in [0.5, 0.6) is 0 Å². The number of likely N-dealkylation sites (N-methyl/N-ethyl adjacent to an activating group) is 2. The molecule has 2 heterocycles. The van der Waals surface area contributed by atoms with E-state index in [1.807, 2.05) is 0 Å². The number of alkyl halides is 2. The maximum Gasteiger partial charge on any atom is 0.114 e. The van der Waals surface area contributed by atoms with Crippen molar-refractivity contribution in [3.63, 3.8) is 0 Å². The summed E-state index contributed by atoms with van der Waals surface area (Å²) in [6, 6.07) is 0.573. The van der Waals surface area contributed by atoms with Gasteiger partial charge < -0.3 is 9.80 Å². The molecule has 2 saturated heterocycles. The molecule has 0 aromatic heterocycles. The van der Waals surface area contributed by atoms with E-state index in [0.29, 0.717) is 12.0 Å². The summed E-state index contributed by atoms with van der Waals surface area (Å²) in [5.74, 6) is 0.662. The van der Waals surface area contributed by atoms with Crippen LogP contribution in [-0.4, -0.2) is 102 Å². The minimum absolute atomic E-state index is 0.493. The first-order chi connectivity index (χ1) is 11.0. The fourth-order valence-electron chi connectivity index (χ4n) is 4.05. The van der Waals surface area contributed by atoms with Crippen LogP contribution in [0.25, 0.3) is 0 Å². The van der Waals surface area contributed by atoms with Crippen LogP contribution >= 0.6 is 23.2 Å². The van der Waals surface area contributed by atoms with Gasteiger partial charge in [0.2, 0.25) is 0 Å². The topological polar surface area (TPSA) is 13.0 Å². The summed E-state index contributed by atoms with van der Waals surface area (Å²) in [5.41, 5.74) is 0. The summed E-state index contributed by atoms with van der Waals surface area (Å²) in [6.07, 6.45) is 0. The molecule has 2 bridgehead atoms. The Hall–Kier alpha value is 0.420. The largest absolute Gasteiger partial charge is 0.305 e. The Balaban J connectivity index is 2.33. The average Bonchev–Trinajstić information content (AvgIpc) is 2.46. The molecule has 0 spiro atoms. The average molecular weight is 379 g/mol. The van der Waals surface area contributed by atoms with Crippen molar-refractivity contribution in [3.05, 3.63) is 0 Å². The van der Waals surface area contributed by atoms with Gasteiger partial charge in [-0.2, -0.15) is 0 Å². The molecule has 6 unspecified atom stereocenters. The van der Waals surface area contributed by atoms with E-state index in [9.17, 15) is 0 Å². The van der Waals surface area contributed by atoms with Gasteiger partial charge in [0.1, 0.15) is 5.00 Å². The maximum absolute atomic E-state index is 7.09. The van der Waals surface area contributed by atoms with Crippen LogP contribution in [0.15, 0.2) is 0 Å². The van der Waals surface area contributed by atoms with Crippen LogP contribution in [0.4, 0.5) is 0 Å². The molecule has 142 valence electrons. The standard InChI is InChI=1S/C18H36Cl2N4/c1-15-13-21(5)8-11-24-12-10-23(16(15)2)9-7-22(6)14-17(3,19)18(24,4)20/h15-16H,7-14H2,1-6H3. The Morgan fingerprint density at radius 2 is 1.38 bits per heavy atom. The first-order valence-electron chi connectivity index (χ1n) is 9.28. The first-order valence-corrected chi connectivity index (χ1v) is 10.0. The van der Waals surface area contributed by atoms with Crippen LogP contribution in [-0.2, 0) is 0 Å². The summed E-state index contributed by atoms with van der Waals surface area (Å²) in [5, 5.41) is 0. The summed E-state index contributed by atoms with van der Waals surface area (Å²) >= 11 is 14.1. The normalized spacial score (nSPS) is 47.5. The molecule has 0 aliphatic carbocycles. The Labute approximate surface area is 159 Å². The first kappa shape index (κ1) is 20.7. The lowest BCUT2D eigenvalue weighted by Gasteiger charge is -2.50. The molecule has 0 radical (unpaired) electrons. The molecule has 2 aliphatic rings. The third-order valence-corrected chi connectivity index (χ3v) is 7.53. The van der Waals surface area contributed by atoms with Crippen molar-refractivity contribution in [1.29, 1.82) is 0 Å². The smallest absolute Gasteiger partial charge is 0.114 e. The van der Waals surface area contributed by atoms with Gasteiger partial charge in [0.15, 0.2) is 0 Å². The minimum Gasteiger partial charge on any atom is -0.305 e. The summed E-state index contributed by atoms with van der Waals surface area (Å²) in [6.45, 7) is 17.0. The third kappa shape index (κ3) is 4.57. The van der Waals surface area contributed by atoms with Gasteiger partial charge in [-0.25, -0.2) is 0 Å². The Morgan fingerprint density at radius 1 is 0.833 bits per heavy atom. The summed E-state index contributed by atoms with van der Waals surface area (Å²) < 4.78 is 0. The molecular formula is C18H36Cl2N4. The van der Waals surface area contributed by atoms with Crippen molar-refractivity contribution in [1.82, 2.24) is 19.6 Å². The lowest BCUT2D eigenvalue weighted by atomic mass is 9.97. The van der Waals surface area contributed by atoms with Crippen molar-refractivity contribution < 1.29 is 0 Å². The van der Waals surface area contributed by atoms with Gasteiger partial charge in [-0.1, -0.05) is 6.92 Å². The number of hydrogen-bond acceptors (Lipinski definition) is 4. The molecule has 4 nitrogen and oxygen atoms in total. The van der Waals surface area contributed by atoms with Crippen LogP contribution in [0, 0.1) is 5.92 Å². The van der Waals surface area contributed by atoms with Crippen LogP contribution in [0.2, 0.25) is 0 Å². The van der Waals surface area contributed by atoms with E-state index < -0.39 is 9.87 Å². The zero-order valence-corrected chi connectivity index (χ0v) is 17.9. The van der Waals surface area contributed by atoms with Crippen LogP contribution in [0.3, 0.4) is 0 Å². The number of rotatable bonds is 0. The SMILES string of the molecule is CC1CN(C)CCN2CCN(CCN(C)CC(C)(Cl)C2(C)Cl)C1C. The molecule has 0 aromatic rings. The van der Waals surface area contributed by atoms with E-state index in [4.69, 9.17) is 23.2 Å². The zero-order valence-electron chi connectivity index (χ0n) is 16.4. The molecule has 24 heavy (non-hydrogen) atoms. The fraction of sp³-hybridized carbons (Fsp3) is 1.00. The second kappa shape index (κ2) is 7.98. The van der Waals surface area contributed by atoms with Gasteiger partial charge in [-0.05, 0) is 40.8 Å². The highest BCUT2D eigenvalue weighted by molar-refractivity contribution is 6.34. The van der Waals surface area contributed by atoms with E-state index in [2.05, 4.69) is 61.4 Å². The van der Waals surface area contributed by atoms with Gasteiger partial charge in [0, 0.05) is 58.4 Å². The predicted molar refractivity (Wildman–Crippen MR) is 105 cm³/mol. The number of hydrogen-bond donors (Lipinski definition) is 0. The van der Waals surface area contributed by atoms with E-state index in [1.54, 1.807) is 0 Å². The number of nitrogens with zero attached hydrogens (tertiary/aromatic N) is 4. The van der Waals surface area contributed by atoms with Crippen molar-refractivity contribution >= 4 is 23.2 Å². The Bertz CT molecular complexity index is 416. The van der Waals surface area contributed by atoms with Gasteiger partial charge in [0.05, 0.1) is 4.87 Å². The predicted octanol–water partition coefficient (Wildman–Crippen LogP) is 2.46. The molecule has 2 fully saturated rings. The summed E-state index contributed by atoms with van der Waals surface area (Å²) in [4.78, 5) is 8.74. The van der Waals surface area contributed by atoms with Crippen LogP contribution < -0.4 is 0 Å². The maximum atomic E-state index is 7.09. The van der Waals surface area contributed by atoms with Crippen molar-refractivity contribution in [2.45, 2.75) is 43.6 Å².